The zero-order valence-electron chi connectivity index (χ0n) is 29.7. The Bertz CT molecular complexity index is 953. The molecule has 0 rings (SSSR count). The summed E-state index contributed by atoms with van der Waals surface area (Å²) in [5, 5.41) is 0. The minimum Gasteiger partial charge on any atom is -0.462 e. The molecular formula is C38H65O8P. The lowest BCUT2D eigenvalue weighted by Gasteiger charge is -2.19. The van der Waals surface area contributed by atoms with Crippen molar-refractivity contribution < 1.29 is 37.6 Å². The van der Waals surface area contributed by atoms with Gasteiger partial charge in [-0.3, -0.25) is 18.6 Å². The summed E-state index contributed by atoms with van der Waals surface area (Å²) in [4.78, 5) is 34.3. The first kappa shape index (κ1) is 44.8. The minimum atomic E-state index is -4.27. The minimum absolute atomic E-state index is 0.219. The van der Waals surface area contributed by atoms with E-state index in [1.165, 1.54) is 6.42 Å². The van der Waals surface area contributed by atoms with Crippen LogP contribution < -0.4 is 0 Å². The lowest BCUT2D eigenvalue weighted by molar-refractivity contribution is -0.161. The van der Waals surface area contributed by atoms with Crippen molar-refractivity contribution in [3.05, 3.63) is 60.8 Å². The van der Waals surface area contributed by atoms with Gasteiger partial charge >= 0.3 is 19.8 Å². The number of hydrogen-bond acceptors (Lipinski definition) is 7. The fraction of sp³-hybridized carbons (Fsp3) is 0.684. The topological polar surface area (TPSA) is 108 Å². The number of rotatable bonds is 32. The van der Waals surface area contributed by atoms with Crippen LogP contribution in [0.25, 0.3) is 0 Å². The molecule has 0 aliphatic heterocycles. The fourth-order valence-corrected chi connectivity index (χ4v) is 4.93. The smallest absolute Gasteiger partial charge is 0.462 e. The second-order valence-corrected chi connectivity index (χ2v) is 13.2. The van der Waals surface area contributed by atoms with E-state index in [4.69, 9.17) is 14.0 Å². The predicted octanol–water partition coefficient (Wildman–Crippen LogP) is 10.8. The second kappa shape index (κ2) is 33.6. The van der Waals surface area contributed by atoms with E-state index in [9.17, 15) is 19.0 Å². The van der Waals surface area contributed by atoms with Crippen LogP contribution in [0, 0.1) is 0 Å². The molecule has 9 heteroatoms. The first-order valence-corrected chi connectivity index (χ1v) is 19.5. The Kier molecular flexibility index (Phi) is 32.0. The fourth-order valence-electron chi connectivity index (χ4n) is 4.47. The van der Waals surface area contributed by atoms with Gasteiger partial charge in [0.15, 0.2) is 6.10 Å². The third-order valence-electron chi connectivity index (χ3n) is 7.23. The highest BCUT2D eigenvalue weighted by Crippen LogP contribution is 2.42. The van der Waals surface area contributed by atoms with E-state index in [-0.39, 0.29) is 19.4 Å². The molecule has 0 saturated heterocycles. The Morgan fingerprint density at radius 1 is 0.617 bits per heavy atom. The average Bonchev–Trinajstić information content (AvgIpc) is 3.06. The van der Waals surface area contributed by atoms with Crippen molar-refractivity contribution >= 4 is 19.8 Å². The Morgan fingerprint density at radius 3 is 1.62 bits per heavy atom. The predicted molar refractivity (Wildman–Crippen MR) is 193 cm³/mol. The molecule has 0 fully saturated rings. The van der Waals surface area contributed by atoms with E-state index in [0.717, 1.165) is 110 Å². The molecule has 270 valence electrons. The molecule has 2 unspecified atom stereocenters. The molecular weight excluding hydrogens is 615 g/mol. The number of hydrogen-bond donors (Lipinski definition) is 1. The monoisotopic (exact) mass is 680 g/mol. The van der Waals surface area contributed by atoms with Crippen LogP contribution in [0.5, 0.6) is 0 Å². The van der Waals surface area contributed by atoms with Crippen molar-refractivity contribution in [1.29, 1.82) is 0 Å². The van der Waals surface area contributed by atoms with Gasteiger partial charge in [0.2, 0.25) is 0 Å². The van der Waals surface area contributed by atoms with E-state index in [0.29, 0.717) is 6.42 Å². The van der Waals surface area contributed by atoms with Crippen molar-refractivity contribution in [1.82, 2.24) is 0 Å². The van der Waals surface area contributed by atoms with Crippen LogP contribution in [0.2, 0.25) is 0 Å². The van der Waals surface area contributed by atoms with Gasteiger partial charge in [0.1, 0.15) is 6.61 Å². The van der Waals surface area contributed by atoms with E-state index < -0.39 is 32.5 Å². The van der Waals surface area contributed by atoms with Crippen molar-refractivity contribution in [2.24, 2.45) is 0 Å². The number of unbranched alkanes of at least 4 members (excludes halogenated alkanes) is 11. The standard InChI is InChI=1S/C38H65O8P/c1-4-6-8-10-12-14-16-18-19-21-23-25-27-29-31-33-38(40)46-36(35-45-47(41,42)43-3)34-44-37(39)32-30-28-26-24-22-20-17-15-13-11-9-7-5-2/h6,8-9,11-12,14-15,17-19,36H,4-5,7,10,13,16,20-35H2,1-3H3,(H,41,42)/b8-6-,11-9-,14-12-,17-15-,19-18-. The van der Waals surface area contributed by atoms with E-state index in [2.05, 4.69) is 79.1 Å². The molecule has 47 heavy (non-hydrogen) atoms. The summed E-state index contributed by atoms with van der Waals surface area (Å²) >= 11 is 0. The zero-order valence-corrected chi connectivity index (χ0v) is 30.6. The van der Waals surface area contributed by atoms with Gasteiger partial charge in [-0.15, -0.1) is 0 Å². The largest absolute Gasteiger partial charge is 0.472 e. The highest BCUT2D eigenvalue weighted by molar-refractivity contribution is 7.47. The molecule has 0 heterocycles. The van der Waals surface area contributed by atoms with Crippen molar-refractivity contribution in [2.75, 3.05) is 20.3 Å². The summed E-state index contributed by atoms with van der Waals surface area (Å²) in [6.07, 6.45) is 39.8. The quantitative estimate of drug-likeness (QED) is 0.0324. The molecule has 8 nitrogen and oxygen atoms in total. The molecule has 0 saturated carbocycles. The number of phosphoric ester groups is 1. The molecule has 0 aromatic rings. The van der Waals surface area contributed by atoms with E-state index in [1.54, 1.807) is 0 Å². The van der Waals surface area contributed by atoms with Gasteiger partial charge in [0.05, 0.1) is 6.61 Å². The van der Waals surface area contributed by atoms with Crippen LogP contribution in [0.1, 0.15) is 142 Å². The summed E-state index contributed by atoms with van der Waals surface area (Å²) in [6, 6.07) is 0. The Morgan fingerprint density at radius 2 is 1.09 bits per heavy atom. The number of phosphoric acid groups is 1. The lowest BCUT2D eigenvalue weighted by Crippen LogP contribution is -2.29. The van der Waals surface area contributed by atoms with E-state index >= 15 is 0 Å². The van der Waals surface area contributed by atoms with Gasteiger partial charge in [0.25, 0.3) is 0 Å². The first-order chi connectivity index (χ1) is 22.8. The summed E-state index contributed by atoms with van der Waals surface area (Å²) in [6.45, 7) is 3.66. The van der Waals surface area contributed by atoms with Crippen LogP contribution in [-0.2, 0) is 32.7 Å². The van der Waals surface area contributed by atoms with Crippen molar-refractivity contribution in [3.63, 3.8) is 0 Å². The van der Waals surface area contributed by atoms with Crippen molar-refractivity contribution in [2.45, 2.75) is 148 Å². The van der Waals surface area contributed by atoms with Gasteiger partial charge < -0.3 is 14.4 Å². The highest BCUT2D eigenvalue weighted by Gasteiger charge is 2.24. The SMILES string of the molecule is CC/C=C\C/C=C\C/C=C\CCCCCCCC(=O)OC(COC(=O)CCCCCCC/C=C\C/C=C\CCC)COP(=O)(O)OC. The Hall–Kier alpha value is -2.25. The maximum absolute atomic E-state index is 12.4. The van der Waals surface area contributed by atoms with Crippen LogP contribution in [-0.4, -0.2) is 43.3 Å². The van der Waals surface area contributed by atoms with Crippen LogP contribution >= 0.6 is 7.82 Å². The van der Waals surface area contributed by atoms with Crippen LogP contribution in [0.4, 0.5) is 0 Å². The number of carbonyl (C=O) groups is 2. The normalized spacial score (nSPS) is 14.2. The molecule has 0 spiro atoms. The summed E-state index contributed by atoms with van der Waals surface area (Å²) in [5.41, 5.74) is 0. The molecule has 0 bridgehead atoms. The van der Waals surface area contributed by atoms with Crippen molar-refractivity contribution in [3.8, 4) is 0 Å². The molecule has 0 aliphatic rings. The number of carbonyl (C=O) groups excluding carboxylic acids is 2. The third-order valence-corrected chi connectivity index (χ3v) is 8.16. The molecule has 0 aromatic heterocycles. The summed E-state index contributed by atoms with van der Waals surface area (Å²) in [7, 11) is -3.22. The molecule has 0 amide bonds. The molecule has 1 N–H and O–H groups in total. The zero-order chi connectivity index (χ0) is 34.7. The number of allylic oxidation sites excluding steroid dienone is 10. The van der Waals surface area contributed by atoms with Gasteiger partial charge in [-0.2, -0.15) is 0 Å². The Balaban J connectivity index is 4.15. The number of ether oxygens (including phenoxy) is 2. The van der Waals surface area contributed by atoms with Gasteiger partial charge in [-0.1, -0.05) is 120 Å². The maximum atomic E-state index is 12.4. The highest BCUT2D eigenvalue weighted by atomic mass is 31.2. The number of esters is 2. The van der Waals surface area contributed by atoms with Crippen LogP contribution in [0.3, 0.4) is 0 Å². The molecule has 2 atom stereocenters. The molecule has 0 aliphatic carbocycles. The van der Waals surface area contributed by atoms with Crippen LogP contribution in [0.15, 0.2) is 60.8 Å². The van der Waals surface area contributed by atoms with Gasteiger partial charge in [-0.25, -0.2) is 4.57 Å². The Labute approximate surface area is 286 Å². The van der Waals surface area contributed by atoms with E-state index in [1.807, 2.05) is 0 Å². The second-order valence-electron chi connectivity index (χ2n) is 11.6. The lowest BCUT2D eigenvalue weighted by atomic mass is 10.1. The first-order valence-electron chi connectivity index (χ1n) is 18.0. The third kappa shape index (κ3) is 33.4. The average molecular weight is 681 g/mol. The van der Waals surface area contributed by atoms with Gasteiger partial charge in [-0.05, 0) is 70.6 Å². The molecule has 0 radical (unpaired) electrons. The summed E-state index contributed by atoms with van der Waals surface area (Å²) in [5.74, 6) is -0.848. The molecule has 0 aromatic carbocycles. The van der Waals surface area contributed by atoms with Gasteiger partial charge in [0, 0.05) is 20.0 Å². The summed E-state index contributed by atoms with van der Waals surface area (Å²) < 4.78 is 31.8. The maximum Gasteiger partial charge on any atom is 0.472 e.